The van der Waals surface area contributed by atoms with Gasteiger partial charge >= 0.3 is 18.0 Å². The SMILES string of the molecule is Cc1cn(-c2cc(NC(=O)Nc3ccc(-c4cccc5c([N+](=O)[O-])nccc45)cc3)cc(C(F)(F)F)c2)cn1. The average molecular weight is 532 g/mol. The number of anilines is 2. The van der Waals surface area contributed by atoms with E-state index in [4.69, 9.17) is 0 Å². The number of aryl methyl sites for hydroxylation is 1. The van der Waals surface area contributed by atoms with Gasteiger partial charge in [0.1, 0.15) is 6.20 Å². The van der Waals surface area contributed by atoms with Crippen LogP contribution in [0.4, 0.5) is 35.2 Å². The maximum absolute atomic E-state index is 13.5. The lowest BCUT2D eigenvalue weighted by molar-refractivity contribution is -0.387. The number of carbonyl (C=O) groups excluding carboxylic acids is 1. The lowest BCUT2D eigenvalue weighted by atomic mass is 9.99. The zero-order chi connectivity index (χ0) is 27.7. The minimum Gasteiger partial charge on any atom is -0.358 e. The number of nitrogens with one attached hydrogen (secondary N) is 2. The van der Waals surface area contributed by atoms with Gasteiger partial charge in [-0.05, 0) is 70.4 Å². The van der Waals surface area contributed by atoms with Gasteiger partial charge in [0.05, 0.1) is 23.0 Å². The number of aromatic nitrogens is 3. The molecule has 3 aromatic carbocycles. The number of urea groups is 1. The Balaban J connectivity index is 1.37. The zero-order valence-electron chi connectivity index (χ0n) is 20.2. The van der Waals surface area contributed by atoms with Crippen LogP contribution in [0.5, 0.6) is 0 Å². The first kappa shape index (κ1) is 25.4. The molecule has 196 valence electrons. The Morgan fingerprint density at radius 3 is 2.36 bits per heavy atom. The van der Waals surface area contributed by atoms with Crippen molar-refractivity contribution in [3.8, 4) is 16.8 Å². The predicted molar refractivity (Wildman–Crippen MR) is 140 cm³/mol. The molecule has 0 aliphatic rings. The van der Waals surface area contributed by atoms with Crippen molar-refractivity contribution in [2.75, 3.05) is 10.6 Å². The van der Waals surface area contributed by atoms with Gasteiger partial charge in [-0.15, -0.1) is 0 Å². The highest BCUT2D eigenvalue weighted by molar-refractivity contribution is 6.02. The molecule has 0 saturated carbocycles. The molecular formula is C27H19F3N6O3. The lowest BCUT2D eigenvalue weighted by Crippen LogP contribution is -2.20. The van der Waals surface area contributed by atoms with Crippen molar-refractivity contribution in [2.24, 2.45) is 0 Å². The Morgan fingerprint density at radius 2 is 1.69 bits per heavy atom. The van der Waals surface area contributed by atoms with Crippen LogP contribution >= 0.6 is 0 Å². The highest BCUT2D eigenvalue weighted by atomic mass is 19.4. The summed E-state index contributed by atoms with van der Waals surface area (Å²) in [7, 11) is 0. The Kier molecular flexibility index (Phi) is 6.44. The van der Waals surface area contributed by atoms with Gasteiger partial charge in [-0.25, -0.2) is 9.78 Å². The number of fused-ring (bicyclic) bond motifs is 1. The van der Waals surface area contributed by atoms with Crippen LogP contribution in [-0.4, -0.2) is 25.5 Å². The molecule has 0 bridgehead atoms. The Bertz CT molecular complexity index is 1710. The fraction of sp³-hybridized carbons (Fsp3) is 0.0741. The fourth-order valence-corrected chi connectivity index (χ4v) is 4.17. The second kappa shape index (κ2) is 9.89. The number of pyridine rings is 1. The molecule has 0 saturated heterocycles. The monoisotopic (exact) mass is 532 g/mol. The number of carbonyl (C=O) groups is 1. The van der Waals surface area contributed by atoms with E-state index in [9.17, 15) is 28.1 Å². The number of hydrogen-bond acceptors (Lipinski definition) is 5. The number of imidazole rings is 1. The molecule has 12 heteroatoms. The first-order valence-electron chi connectivity index (χ1n) is 11.5. The van der Waals surface area contributed by atoms with Crippen molar-refractivity contribution in [1.82, 2.24) is 14.5 Å². The smallest absolute Gasteiger partial charge is 0.358 e. The van der Waals surface area contributed by atoms with Gasteiger partial charge in [0.25, 0.3) is 0 Å². The second-order valence-electron chi connectivity index (χ2n) is 8.64. The maximum Gasteiger partial charge on any atom is 0.416 e. The number of hydrogen-bond donors (Lipinski definition) is 2. The number of benzene rings is 3. The molecule has 5 aromatic rings. The van der Waals surface area contributed by atoms with Gasteiger partial charge in [0.2, 0.25) is 0 Å². The molecule has 0 aliphatic carbocycles. The Morgan fingerprint density at radius 1 is 0.949 bits per heavy atom. The zero-order valence-corrected chi connectivity index (χ0v) is 20.2. The highest BCUT2D eigenvalue weighted by Gasteiger charge is 2.31. The van der Waals surface area contributed by atoms with Crippen LogP contribution in [0.15, 0.2) is 85.5 Å². The van der Waals surface area contributed by atoms with E-state index < -0.39 is 22.7 Å². The van der Waals surface area contributed by atoms with Gasteiger partial charge in [0, 0.05) is 28.6 Å². The van der Waals surface area contributed by atoms with Crippen molar-refractivity contribution in [3.63, 3.8) is 0 Å². The van der Waals surface area contributed by atoms with E-state index >= 15 is 0 Å². The molecule has 0 atom stereocenters. The van der Waals surface area contributed by atoms with Crippen molar-refractivity contribution >= 4 is 34.0 Å². The largest absolute Gasteiger partial charge is 0.416 e. The van der Waals surface area contributed by atoms with E-state index in [2.05, 4.69) is 20.6 Å². The summed E-state index contributed by atoms with van der Waals surface area (Å²) in [5.74, 6) is -0.245. The molecule has 2 aromatic heterocycles. The first-order chi connectivity index (χ1) is 18.6. The maximum atomic E-state index is 13.5. The third-order valence-electron chi connectivity index (χ3n) is 5.92. The number of alkyl halides is 3. The standard InChI is InChI=1S/C27H19F3N6O3/c1-16-14-35(15-32-16)21-12-18(27(28,29)30)11-20(13-21)34-26(37)33-19-7-5-17(6-8-19)22-3-2-4-24-23(22)9-10-31-25(24)36(38)39/h2-15H,1H3,(H2,33,34,37). The van der Waals surface area contributed by atoms with Crippen LogP contribution in [0.25, 0.3) is 27.6 Å². The minimum absolute atomic E-state index is 0.0498. The predicted octanol–water partition coefficient (Wildman–Crippen LogP) is 6.97. The summed E-state index contributed by atoms with van der Waals surface area (Å²) in [6.45, 7) is 1.71. The molecule has 39 heavy (non-hydrogen) atoms. The summed E-state index contributed by atoms with van der Waals surface area (Å²) in [5, 5.41) is 17.4. The molecule has 2 amide bonds. The van der Waals surface area contributed by atoms with E-state index in [-0.39, 0.29) is 17.2 Å². The molecule has 0 aliphatic heterocycles. The van der Waals surface area contributed by atoms with E-state index in [1.807, 2.05) is 6.07 Å². The number of nitrogens with zero attached hydrogens (tertiary/aromatic N) is 4. The van der Waals surface area contributed by atoms with Crippen LogP contribution < -0.4 is 10.6 Å². The van der Waals surface area contributed by atoms with E-state index in [0.717, 1.165) is 23.3 Å². The van der Waals surface area contributed by atoms with Crippen LogP contribution in [0.3, 0.4) is 0 Å². The fourth-order valence-electron chi connectivity index (χ4n) is 4.17. The van der Waals surface area contributed by atoms with Crippen molar-refractivity contribution in [2.45, 2.75) is 13.1 Å². The van der Waals surface area contributed by atoms with Crippen molar-refractivity contribution in [1.29, 1.82) is 0 Å². The van der Waals surface area contributed by atoms with E-state index in [0.29, 0.717) is 22.2 Å². The van der Waals surface area contributed by atoms with Gasteiger partial charge in [-0.2, -0.15) is 13.2 Å². The normalized spacial score (nSPS) is 11.4. The molecule has 9 nitrogen and oxygen atoms in total. The summed E-state index contributed by atoms with van der Waals surface area (Å²) in [4.78, 5) is 31.3. The van der Waals surface area contributed by atoms with E-state index in [1.165, 1.54) is 23.2 Å². The minimum atomic E-state index is -4.62. The quantitative estimate of drug-likeness (QED) is 0.187. The molecule has 2 heterocycles. The van der Waals surface area contributed by atoms with Crippen LogP contribution in [0.2, 0.25) is 0 Å². The highest BCUT2D eigenvalue weighted by Crippen LogP contribution is 2.34. The van der Waals surface area contributed by atoms with Crippen molar-refractivity contribution < 1.29 is 22.9 Å². The van der Waals surface area contributed by atoms with Crippen LogP contribution in [-0.2, 0) is 6.18 Å². The van der Waals surface area contributed by atoms with E-state index in [1.54, 1.807) is 55.6 Å². The number of halogens is 3. The second-order valence-corrected chi connectivity index (χ2v) is 8.64. The molecule has 5 rings (SSSR count). The summed E-state index contributed by atoms with van der Waals surface area (Å²) in [5.41, 5.74) is 1.71. The first-order valence-corrected chi connectivity index (χ1v) is 11.5. The topological polar surface area (TPSA) is 115 Å². The van der Waals surface area contributed by atoms with Crippen molar-refractivity contribution in [3.05, 3.63) is 107 Å². The molecule has 0 fully saturated rings. The van der Waals surface area contributed by atoms with Gasteiger partial charge in [-0.3, -0.25) is 0 Å². The lowest BCUT2D eigenvalue weighted by Gasteiger charge is -2.14. The average Bonchev–Trinajstić information content (AvgIpc) is 3.34. The van der Waals surface area contributed by atoms with Crippen LogP contribution in [0.1, 0.15) is 11.3 Å². The molecule has 0 radical (unpaired) electrons. The molecule has 2 N–H and O–H groups in total. The molecular weight excluding hydrogens is 513 g/mol. The summed E-state index contributed by atoms with van der Waals surface area (Å²) >= 11 is 0. The van der Waals surface area contributed by atoms with Crippen LogP contribution in [0, 0.1) is 17.0 Å². The molecule has 0 spiro atoms. The number of nitro groups is 1. The van der Waals surface area contributed by atoms with Gasteiger partial charge in [-0.1, -0.05) is 24.3 Å². The number of rotatable bonds is 5. The summed E-state index contributed by atoms with van der Waals surface area (Å²) in [6.07, 6.45) is -0.281. The third-order valence-corrected chi connectivity index (χ3v) is 5.92. The Labute approximate surface area is 219 Å². The summed E-state index contributed by atoms with van der Waals surface area (Å²) in [6, 6.07) is 16.0. The Hall–Kier alpha value is -5.26. The molecule has 0 unspecified atom stereocenters. The third kappa shape index (κ3) is 5.39. The summed E-state index contributed by atoms with van der Waals surface area (Å²) < 4.78 is 41.9. The van der Waals surface area contributed by atoms with Gasteiger partial charge in [0.15, 0.2) is 0 Å². The number of amides is 2. The van der Waals surface area contributed by atoms with Gasteiger partial charge < -0.3 is 25.3 Å².